The van der Waals surface area contributed by atoms with Gasteiger partial charge in [0.25, 0.3) is 10.1 Å². The Bertz CT molecular complexity index is 404. The lowest BCUT2D eigenvalue weighted by molar-refractivity contribution is 0.482. The molecular formula is C6H7AlBr2O3S. The molecule has 0 fully saturated rings. The van der Waals surface area contributed by atoms with E-state index in [0.29, 0.717) is 8.95 Å². The number of rotatable bonds is 1. The van der Waals surface area contributed by atoms with Gasteiger partial charge >= 0.3 is 0 Å². The summed E-state index contributed by atoms with van der Waals surface area (Å²) in [5.41, 5.74) is 0. The third kappa shape index (κ3) is 3.70. The van der Waals surface area contributed by atoms with Crippen LogP contribution in [0.15, 0.2) is 32.0 Å². The average Bonchev–Trinajstić information content (AvgIpc) is 1.92. The van der Waals surface area contributed by atoms with Crippen LogP contribution in [0.25, 0.3) is 0 Å². The summed E-state index contributed by atoms with van der Waals surface area (Å²) in [6, 6.07) is 4.52. The molecule has 0 amide bonds. The van der Waals surface area contributed by atoms with Gasteiger partial charge in [-0.3, -0.25) is 4.55 Å². The fourth-order valence-corrected chi connectivity index (χ4v) is 2.64. The Hall–Kier alpha value is 0.622. The van der Waals surface area contributed by atoms with Crippen molar-refractivity contribution in [3.8, 4) is 0 Å². The zero-order valence-corrected chi connectivity index (χ0v) is 9.65. The maximum absolute atomic E-state index is 10.7. The minimum absolute atomic E-state index is 0. The average molecular weight is 346 g/mol. The van der Waals surface area contributed by atoms with Crippen LogP contribution in [0.3, 0.4) is 0 Å². The van der Waals surface area contributed by atoms with Crippen molar-refractivity contribution in [3.05, 3.63) is 27.1 Å². The monoisotopic (exact) mass is 344 g/mol. The number of benzene rings is 1. The van der Waals surface area contributed by atoms with Crippen molar-refractivity contribution in [2.75, 3.05) is 0 Å². The lowest BCUT2D eigenvalue weighted by Gasteiger charge is -2.00. The lowest BCUT2D eigenvalue weighted by atomic mass is 10.4. The quantitative estimate of drug-likeness (QED) is 0.616. The Balaban J connectivity index is 0.00000144. The first kappa shape index (κ1) is 13.6. The van der Waals surface area contributed by atoms with E-state index in [0.717, 1.165) is 0 Å². The van der Waals surface area contributed by atoms with Crippen LogP contribution in [0.5, 0.6) is 0 Å². The molecule has 1 N–H and O–H groups in total. The summed E-state index contributed by atoms with van der Waals surface area (Å²) >= 11 is 6.10. The minimum Gasteiger partial charge on any atom is -0.282 e. The third-order valence-corrected chi connectivity index (χ3v) is 3.51. The van der Waals surface area contributed by atoms with E-state index in [4.69, 9.17) is 4.55 Å². The molecule has 3 nitrogen and oxygen atoms in total. The molecule has 0 atom stereocenters. The van der Waals surface area contributed by atoms with Crippen molar-refractivity contribution >= 4 is 59.3 Å². The Labute approximate surface area is 104 Å². The van der Waals surface area contributed by atoms with Crippen LogP contribution < -0.4 is 0 Å². The molecule has 0 aliphatic rings. The van der Waals surface area contributed by atoms with E-state index in [1.54, 1.807) is 6.07 Å². The van der Waals surface area contributed by atoms with Crippen LogP contribution in [-0.4, -0.2) is 30.3 Å². The summed E-state index contributed by atoms with van der Waals surface area (Å²) in [6.07, 6.45) is 0. The molecule has 0 spiro atoms. The standard InChI is InChI=1S/C6H4Br2O3S.Al.3H/c7-4-1-2-5(8)6(3-4)12(9,10)11;;;;/h1-3H,(H,9,10,11);;;;. The molecule has 0 radical (unpaired) electrons. The van der Waals surface area contributed by atoms with Gasteiger partial charge in [0.15, 0.2) is 17.4 Å². The highest BCUT2D eigenvalue weighted by molar-refractivity contribution is 9.11. The molecule has 1 aromatic rings. The molecule has 72 valence electrons. The smallest absolute Gasteiger partial charge is 0.282 e. The van der Waals surface area contributed by atoms with E-state index in [1.807, 2.05) is 0 Å². The highest BCUT2D eigenvalue weighted by Gasteiger charge is 2.13. The number of hydrogen-bond donors (Lipinski definition) is 1. The van der Waals surface area contributed by atoms with E-state index in [1.165, 1.54) is 12.1 Å². The van der Waals surface area contributed by atoms with Gasteiger partial charge in [0.2, 0.25) is 0 Å². The number of hydrogen-bond acceptors (Lipinski definition) is 2. The fraction of sp³-hybridized carbons (Fsp3) is 0. The fourth-order valence-electron chi connectivity index (χ4n) is 0.675. The second-order valence-corrected chi connectivity index (χ2v) is 5.21. The SMILES string of the molecule is O=S(=O)(O)c1cc(Br)ccc1Br.[AlH3]. The molecule has 1 aromatic carbocycles. The second kappa shape index (κ2) is 4.92. The van der Waals surface area contributed by atoms with Gasteiger partial charge in [-0.2, -0.15) is 8.42 Å². The van der Waals surface area contributed by atoms with Gasteiger partial charge in [0.1, 0.15) is 4.90 Å². The first-order valence-corrected chi connectivity index (χ1v) is 5.86. The lowest BCUT2D eigenvalue weighted by Crippen LogP contribution is -1.98. The molecule has 0 heterocycles. The van der Waals surface area contributed by atoms with Crippen LogP contribution >= 0.6 is 31.9 Å². The first-order chi connectivity index (χ1) is 5.41. The van der Waals surface area contributed by atoms with Crippen LogP contribution in [0.1, 0.15) is 0 Å². The van der Waals surface area contributed by atoms with E-state index < -0.39 is 10.1 Å². The Morgan fingerprint density at radius 3 is 2.15 bits per heavy atom. The van der Waals surface area contributed by atoms with E-state index in [-0.39, 0.29) is 22.3 Å². The van der Waals surface area contributed by atoms with Crippen molar-refractivity contribution in [2.24, 2.45) is 0 Å². The molecule has 0 saturated carbocycles. The molecule has 7 heteroatoms. The zero-order chi connectivity index (χ0) is 9.35. The van der Waals surface area contributed by atoms with Gasteiger partial charge < -0.3 is 0 Å². The predicted molar refractivity (Wildman–Crippen MR) is 61.6 cm³/mol. The van der Waals surface area contributed by atoms with Crippen molar-refractivity contribution in [1.82, 2.24) is 0 Å². The summed E-state index contributed by atoms with van der Waals surface area (Å²) < 4.78 is 31.1. The molecule has 0 unspecified atom stereocenters. The van der Waals surface area contributed by atoms with Gasteiger partial charge in [0.05, 0.1) is 0 Å². The summed E-state index contributed by atoms with van der Waals surface area (Å²) in [4.78, 5) is -0.142. The molecule has 0 aliphatic carbocycles. The van der Waals surface area contributed by atoms with Crippen LogP contribution in [0.2, 0.25) is 0 Å². The maximum Gasteiger partial charge on any atom is 0.295 e. The molecule has 0 aromatic heterocycles. The highest BCUT2D eigenvalue weighted by Crippen LogP contribution is 2.25. The summed E-state index contributed by atoms with van der Waals surface area (Å²) in [7, 11) is -4.13. The molecule has 0 saturated heterocycles. The molecule has 1 rings (SSSR count). The first-order valence-electron chi connectivity index (χ1n) is 2.84. The summed E-state index contributed by atoms with van der Waals surface area (Å²) in [6.45, 7) is 0. The van der Waals surface area contributed by atoms with Crippen molar-refractivity contribution in [1.29, 1.82) is 0 Å². The summed E-state index contributed by atoms with van der Waals surface area (Å²) in [5, 5.41) is 0. The highest BCUT2D eigenvalue weighted by atomic mass is 79.9. The molecular weight excluding hydrogens is 339 g/mol. The zero-order valence-electron chi connectivity index (χ0n) is 5.66. The van der Waals surface area contributed by atoms with Crippen molar-refractivity contribution < 1.29 is 13.0 Å². The van der Waals surface area contributed by atoms with E-state index >= 15 is 0 Å². The normalized spacial score (nSPS) is 10.7. The molecule has 0 aliphatic heterocycles. The maximum atomic E-state index is 10.7. The van der Waals surface area contributed by atoms with Gasteiger partial charge in [-0.05, 0) is 34.1 Å². The summed E-state index contributed by atoms with van der Waals surface area (Å²) in [5.74, 6) is 0. The van der Waals surface area contributed by atoms with Crippen LogP contribution in [-0.2, 0) is 10.1 Å². The van der Waals surface area contributed by atoms with Gasteiger partial charge in [-0.15, -0.1) is 0 Å². The predicted octanol–water partition coefficient (Wildman–Crippen LogP) is 1.27. The number of halogens is 2. The Morgan fingerprint density at radius 1 is 1.23 bits per heavy atom. The van der Waals surface area contributed by atoms with Crippen molar-refractivity contribution in [2.45, 2.75) is 4.90 Å². The largest absolute Gasteiger partial charge is 0.295 e. The van der Waals surface area contributed by atoms with E-state index in [9.17, 15) is 8.42 Å². The van der Waals surface area contributed by atoms with Crippen LogP contribution in [0, 0.1) is 0 Å². The molecule has 13 heavy (non-hydrogen) atoms. The second-order valence-electron chi connectivity index (χ2n) is 2.05. The van der Waals surface area contributed by atoms with Gasteiger partial charge in [0, 0.05) is 8.95 Å². The molecule has 0 bridgehead atoms. The van der Waals surface area contributed by atoms with Gasteiger partial charge in [-0.25, -0.2) is 0 Å². The Morgan fingerprint density at radius 2 is 1.77 bits per heavy atom. The third-order valence-electron chi connectivity index (χ3n) is 1.17. The topological polar surface area (TPSA) is 54.4 Å². The van der Waals surface area contributed by atoms with Crippen LogP contribution in [0.4, 0.5) is 0 Å². The minimum atomic E-state index is -4.13. The Kier molecular flexibility index (Phi) is 5.15. The van der Waals surface area contributed by atoms with Gasteiger partial charge in [-0.1, -0.05) is 15.9 Å². The van der Waals surface area contributed by atoms with E-state index in [2.05, 4.69) is 31.9 Å². The van der Waals surface area contributed by atoms with Crippen molar-refractivity contribution in [3.63, 3.8) is 0 Å².